The first-order valence-corrected chi connectivity index (χ1v) is 6.52. The molecule has 1 aromatic carbocycles. The molecular formula is C15H26N2O. The Balaban J connectivity index is 3.05. The molecule has 0 saturated carbocycles. The Hall–Kier alpha value is -1.06. The van der Waals surface area contributed by atoms with Crippen molar-refractivity contribution >= 4 is 0 Å². The Morgan fingerprint density at radius 3 is 2.39 bits per heavy atom. The van der Waals surface area contributed by atoms with E-state index in [0.29, 0.717) is 18.4 Å². The minimum atomic E-state index is 0.378. The van der Waals surface area contributed by atoms with Crippen molar-refractivity contribution in [2.24, 2.45) is 5.73 Å². The van der Waals surface area contributed by atoms with Crippen LogP contribution in [-0.2, 0) is 0 Å². The van der Waals surface area contributed by atoms with Crippen LogP contribution in [-0.4, -0.2) is 39.2 Å². The van der Waals surface area contributed by atoms with Crippen molar-refractivity contribution in [3.63, 3.8) is 0 Å². The van der Waals surface area contributed by atoms with Crippen LogP contribution in [0.2, 0.25) is 0 Å². The fourth-order valence-electron chi connectivity index (χ4n) is 2.21. The summed E-state index contributed by atoms with van der Waals surface area (Å²) in [5.41, 5.74) is 8.45. The third kappa shape index (κ3) is 3.72. The first-order valence-electron chi connectivity index (χ1n) is 6.52. The summed E-state index contributed by atoms with van der Waals surface area (Å²) in [7, 11) is 5.88. The second-order valence-corrected chi connectivity index (χ2v) is 5.35. The lowest BCUT2D eigenvalue weighted by Gasteiger charge is -2.22. The van der Waals surface area contributed by atoms with E-state index in [0.717, 1.165) is 12.3 Å². The molecule has 0 aromatic heterocycles. The molecule has 0 fully saturated rings. The average Bonchev–Trinajstić information content (AvgIpc) is 2.34. The van der Waals surface area contributed by atoms with Crippen LogP contribution >= 0.6 is 0 Å². The van der Waals surface area contributed by atoms with Gasteiger partial charge in [0.2, 0.25) is 0 Å². The Bertz CT molecular complexity index is 375. The normalized spacial score (nSPS) is 13.1. The van der Waals surface area contributed by atoms with E-state index in [1.54, 1.807) is 7.11 Å². The number of rotatable bonds is 6. The lowest BCUT2D eigenvalue weighted by atomic mass is 9.93. The Labute approximate surface area is 111 Å². The molecule has 0 aliphatic rings. The van der Waals surface area contributed by atoms with Crippen LogP contribution in [0.15, 0.2) is 18.2 Å². The van der Waals surface area contributed by atoms with E-state index in [1.165, 1.54) is 11.1 Å². The predicted molar refractivity (Wildman–Crippen MR) is 77.4 cm³/mol. The molecule has 0 aliphatic carbocycles. The molecular weight excluding hydrogens is 224 g/mol. The zero-order valence-electron chi connectivity index (χ0n) is 12.2. The van der Waals surface area contributed by atoms with Crippen LogP contribution in [0.1, 0.15) is 36.8 Å². The molecule has 18 heavy (non-hydrogen) atoms. The zero-order chi connectivity index (χ0) is 13.7. The van der Waals surface area contributed by atoms with Crippen LogP contribution in [0, 0.1) is 0 Å². The highest BCUT2D eigenvalue weighted by Crippen LogP contribution is 2.29. The highest BCUT2D eigenvalue weighted by atomic mass is 16.5. The van der Waals surface area contributed by atoms with Gasteiger partial charge in [0.25, 0.3) is 0 Å². The van der Waals surface area contributed by atoms with Gasteiger partial charge in [-0.15, -0.1) is 0 Å². The number of likely N-dealkylation sites (N-methyl/N-ethyl adjacent to an activating group) is 1. The second kappa shape index (κ2) is 6.76. The van der Waals surface area contributed by atoms with Gasteiger partial charge in [-0.05, 0) is 37.2 Å². The maximum atomic E-state index is 5.89. The van der Waals surface area contributed by atoms with Crippen LogP contribution < -0.4 is 10.5 Å². The van der Waals surface area contributed by atoms with E-state index in [9.17, 15) is 0 Å². The summed E-state index contributed by atoms with van der Waals surface area (Å²) >= 11 is 0. The zero-order valence-corrected chi connectivity index (χ0v) is 12.2. The van der Waals surface area contributed by atoms with E-state index < -0.39 is 0 Å². The van der Waals surface area contributed by atoms with Crippen molar-refractivity contribution in [3.05, 3.63) is 29.3 Å². The quantitative estimate of drug-likeness (QED) is 0.842. The summed E-state index contributed by atoms with van der Waals surface area (Å²) in [5, 5.41) is 0. The SMILES string of the molecule is COc1ccc(C(CN)CN(C)C)cc1C(C)C. The van der Waals surface area contributed by atoms with E-state index >= 15 is 0 Å². The molecule has 0 heterocycles. The Morgan fingerprint density at radius 2 is 1.94 bits per heavy atom. The molecule has 0 saturated heterocycles. The summed E-state index contributed by atoms with van der Waals surface area (Å²) in [6, 6.07) is 6.43. The molecule has 0 amide bonds. The third-order valence-electron chi connectivity index (χ3n) is 3.22. The minimum Gasteiger partial charge on any atom is -0.496 e. The molecule has 102 valence electrons. The lowest BCUT2D eigenvalue weighted by Crippen LogP contribution is -2.26. The molecule has 1 aromatic rings. The number of nitrogens with zero attached hydrogens (tertiary/aromatic N) is 1. The standard InChI is InChI=1S/C15H26N2O/c1-11(2)14-8-12(6-7-15(14)18-5)13(9-16)10-17(3)4/h6-8,11,13H,9-10,16H2,1-5H3. The molecule has 0 spiro atoms. The van der Waals surface area contributed by atoms with Crippen molar-refractivity contribution in [2.75, 3.05) is 34.3 Å². The molecule has 2 N–H and O–H groups in total. The van der Waals surface area contributed by atoms with Crippen LogP contribution in [0.3, 0.4) is 0 Å². The van der Waals surface area contributed by atoms with Crippen molar-refractivity contribution in [1.29, 1.82) is 0 Å². The van der Waals surface area contributed by atoms with Crippen LogP contribution in [0.5, 0.6) is 5.75 Å². The molecule has 0 aliphatic heterocycles. The fourth-order valence-corrected chi connectivity index (χ4v) is 2.21. The Kier molecular flexibility index (Phi) is 5.63. The lowest BCUT2D eigenvalue weighted by molar-refractivity contribution is 0.374. The van der Waals surface area contributed by atoms with E-state index in [1.807, 2.05) is 0 Å². The molecule has 1 atom stereocenters. The van der Waals surface area contributed by atoms with Crippen molar-refractivity contribution in [3.8, 4) is 5.75 Å². The van der Waals surface area contributed by atoms with Gasteiger partial charge >= 0.3 is 0 Å². The number of hydrogen-bond donors (Lipinski definition) is 1. The summed E-state index contributed by atoms with van der Waals surface area (Å²) in [4.78, 5) is 2.18. The van der Waals surface area contributed by atoms with Gasteiger partial charge in [0.1, 0.15) is 5.75 Å². The van der Waals surface area contributed by atoms with Gasteiger partial charge in [-0.2, -0.15) is 0 Å². The number of hydrogen-bond acceptors (Lipinski definition) is 3. The van der Waals surface area contributed by atoms with Gasteiger partial charge in [0.05, 0.1) is 7.11 Å². The fraction of sp³-hybridized carbons (Fsp3) is 0.600. The van der Waals surface area contributed by atoms with Crippen LogP contribution in [0.25, 0.3) is 0 Å². The van der Waals surface area contributed by atoms with E-state index in [2.05, 4.69) is 51.0 Å². The number of methoxy groups -OCH3 is 1. The summed E-state index contributed by atoms with van der Waals surface area (Å²) in [6.45, 7) is 6.01. The highest BCUT2D eigenvalue weighted by Gasteiger charge is 2.14. The maximum Gasteiger partial charge on any atom is 0.122 e. The van der Waals surface area contributed by atoms with Gasteiger partial charge in [0, 0.05) is 19.0 Å². The molecule has 0 bridgehead atoms. The van der Waals surface area contributed by atoms with Gasteiger partial charge in [0.15, 0.2) is 0 Å². The average molecular weight is 250 g/mol. The first-order chi connectivity index (χ1) is 8.49. The molecule has 1 rings (SSSR count). The van der Waals surface area contributed by atoms with Crippen molar-refractivity contribution < 1.29 is 4.74 Å². The Morgan fingerprint density at radius 1 is 1.28 bits per heavy atom. The largest absolute Gasteiger partial charge is 0.496 e. The van der Waals surface area contributed by atoms with Gasteiger partial charge < -0.3 is 15.4 Å². The maximum absolute atomic E-state index is 5.89. The van der Waals surface area contributed by atoms with Crippen molar-refractivity contribution in [1.82, 2.24) is 4.90 Å². The summed E-state index contributed by atoms with van der Waals surface area (Å²) in [6.07, 6.45) is 0. The number of benzene rings is 1. The third-order valence-corrected chi connectivity index (χ3v) is 3.22. The molecule has 1 unspecified atom stereocenters. The van der Waals surface area contributed by atoms with E-state index in [-0.39, 0.29) is 0 Å². The molecule has 0 radical (unpaired) electrons. The topological polar surface area (TPSA) is 38.5 Å². The van der Waals surface area contributed by atoms with Crippen LogP contribution in [0.4, 0.5) is 0 Å². The smallest absolute Gasteiger partial charge is 0.122 e. The molecule has 3 nitrogen and oxygen atoms in total. The summed E-state index contributed by atoms with van der Waals surface area (Å²) in [5.74, 6) is 1.80. The van der Waals surface area contributed by atoms with Gasteiger partial charge in [-0.3, -0.25) is 0 Å². The van der Waals surface area contributed by atoms with Gasteiger partial charge in [-0.1, -0.05) is 26.0 Å². The molecule has 3 heteroatoms. The minimum absolute atomic E-state index is 0.378. The van der Waals surface area contributed by atoms with Gasteiger partial charge in [-0.25, -0.2) is 0 Å². The monoisotopic (exact) mass is 250 g/mol. The number of ether oxygens (including phenoxy) is 1. The van der Waals surface area contributed by atoms with E-state index in [4.69, 9.17) is 10.5 Å². The predicted octanol–water partition coefficient (Wildman–Crippen LogP) is 2.42. The summed E-state index contributed by atoms with van der Waals surface area (Å²) < 4.78 is 5.41. The second-order valence-electron chi connectivity index (χ2n) is 5.35. The highest BCUT2D eigenvalue weighted by molar-refractivity contribution is 5.40. The van der Waals surface area contributed by atoms with Crippen molar-refractivity contribution in [2.45, 2.75) is 25.7 Å². The first kappa shape index (κ1) is 15.0. The number of nitrogens with two attached hydrogens (primary N) is 1.